The van der Waals surface area contributed by atoms with E-state index in [-0.39, 0.29) is 18.0 Å². The van der Waals surface area contributed by atoms with Crippen molar-refractivity contribution in [1.29, 1.82) is 0 Å². The second-order valence-corrected chi connectivity index (χ2v) is 6.55. The summed E-state index contributed by atoms with van der Waals surface area (Å²) >= 11 is 0. The third-order valence-electron chi connectivity index (χ3n) is 4.80. The third-order valence-corrected chi connectivity index (χ3v) is 4.80. The number of amides is 1. The van der Waals surface area contributed by atoms with Gasteiger partial charge in [0.25, 0.3) is 5.91 Å². The van der Waals surface area contributed by atoms with Gasteiger partial charge in [-0.05, 0) is 41.6 Å². The predicted octanol–water partition coefficient (Wildman–Crippen LogP) is 3.48. The fourth-order valence-corrected chi connectivity index (χ4v) is 3.31. The van der Waals surface area contributed by atoms with Crippen LogP contribution in [0.1, 0.15) is 15.9 Å². The number of aliphatic imine (C=N–C) groups is 1. The highest BCUT2D eigenvalue weighted by Crippen LogP contribution is 2.29. The van der Waals surface area contributed by atoms with Crippen LogP contribution in [-0.2, 0) is 0 Å². The highest BCUT2D eigenvalue weighted by Gasteiger charge is 2.23. The SMILES string of the molecule is COc1cccc(NC(=O)c2ccc(C3=CC4C=CNC4N=C3)cc2OC)c1. The molecule has 2 heterocycles. The number of carbonyl (C=O) groups is 1. The molecule has 2 unspecified atom stereocenters. The van der Waals surface area contributed by atoms with Gasteiger partial charge in [0, 0.05) is 23.9 Å². The molecular weight excluding hydrogens is 354 g/mol. The summed E-state index contributed by atoms with van der Waals surface area (Å²) in [6.45, 7) is 0. The number of fused-ring (bicyclic) bond motifs is 1. The van der Waals surface area contributed by atoms with E-state index in [0.29, 0.717) is 22.7 Å². The van der Waals surface area contributed by atoms with Crippen LogP contribution in [0.4, 0.5) is 5.69 Å². The highest BCUT2D eigenvalue weighted by atomic mass is 16.5. The van der Waals surface area contributed by atoms with Gasteiger partial charge in [0.15, 0.2) is 0 Å². The minimum absolute atomic E-state index is 0.0820. The van der Waals surface area contributed by atoms with Crippen LogP contribution >= 0.6 is 0 Å². The normalized spacial score (nSPS) is 19.4. The van der Waals surface area contributed by atoms with E-state index in [1.807, 2.05) is 42.7 Å². The summed E-state index contributed by atoms with van der Waals surface area (Å²) in [7, 11) is 3.15. The zero-order valence-corrected chi connectivity index (χ0v) is 15.7. The van der Waals surface area contributed by atoms with Gasteiger partial charge in [0.2, 0.25) is 0 Å². The topological polar surface area (TPSA) is 72.0 Å². The van der Waals surface area contributed by atoms with Crippen molar-refractivity contribution in [1.82, 2.24) is 5.32 Å². The summed E-state index contributed by atoms with van der Waals surface area (Å²) in [4.78, 5) is 17.3. The molecule has 2 aromatic carbocycles. The zero-order chi connectivity index (χ0) is 19.5. The number of hydrogen-bond acceptors (Lipinski definition) is 5. The number of allylic oxidation sites excluding steroid dienone is 1. The molecule has 6 nitrogen and oxygen atoms in total. The summed E-state index contributed by atoms with van der Waals surface area (Å²) < 4.78 is 10.7. The van der Waals surface area contributed by atoms with Crippen molar-refractivity contribution in [3.05, 3.63) is 71.9 Å². The van der Waals surface area contributed by atoms with E-state index in [1.165, 1.54) is 0 Å². The van der Waals surface area contributed by atoms with E-state index in [4.69, 9.17) is 9.47 Å². The van der Waals surface area contributed by atoms with Crippen molar-refractivity contribution in [3.8, 4) is 11.5 Å². The van der Waals surface area contributed by atoms with Crippen molar-refractivity contribution in [2.75, 3.05) is 19.5 Å². The zero-order valence-electron chi connectivity index (χ0n) is 15.7. The van der Waals surface area contributed by atoms with E-state index >= 15 is 0 Å². The third kappa shape index (κ3) is 3.49. The number of anilines is 1. The summed E-state index contributed by atoms with van der Waals surface area (Å²) in [5.74, 6) is 1.18. The van der Waals surface area contributed by atoms with Crippen LogP contribution in [-0.4, -0.2) is 32.5 Å². The first-order chi connectivity index (χ1) is 13.7. The van der Waals surface area contributed by atoms with Gasteiger partial charge in [0.1, 0.15) is 17.7 Å². The first-order valence-electron chi connectivity index (χ1n) is 8.99. The van der Waals surface area contributed by atoms with E-state index in [1.54, 1.807) is 26.4 Å². The standard InChI is InChI=1S/C22H21N3O3/c1-27-18-5-3-4-17(12-18)25-22(26)19-7-6-14(11-20(19)28-2)16-10-15-8-9-23-21(15)24-13-16/h3-13,15,21,23H,1-2H3,(H,25,26). The van der Waals surface area contributed by atoms with Crippen molar-refractivity contribution >= 4 is 23.4 Å². The summed E-state index contributed by atoms with van der Waals surface area (Å²) in [6.07, 6.45) is 8.12. The largest absolute Gasteiger partial charge is 0.497 e. The maximum Gasteiger partial charge on any atom is 0.259 e. The van der Waals surface area contributed by atoms with Gasteiger partial charge in [-0.2, -0.15) is 0 Å². The number of methoxy groups -OCH3 is 2. The van der Waals surface area contributed by atoms with E-state index in [9.17, 15) is 4.79 Å². The number of hydrogen-bond donors (Lipinski definition) is 2. The number of benzene rings is 2. The number of ether oxygens (including phenoxy) is 2. The van der Waals surface area contributed by atoms with Gasteiger partial charge in [-0.3, -0.25) is 9.79 Å². The Morgan fingerprint density at radius 2 is 2.04 bits per heavy atom. The lowest BCUT2D eigenvalue weighted by Gasteiger charge is -2.19. The Morgan fingerprint density at radius 1 is 1.14 bits per heavy atom. The Bertz CT molecular complexity index is 994. The summed E-state index contributed by atoms with van der Waals surface area (Å²) in [6, 6.07) is 12.8. The molecule has 2 aliphatic heterocycles. The fraction of sp³-hybridized carbons (Fsp3) is 0.182. The maximum absolute atomic E-state index is 12.7. The molecule has 142 valence electrons. The van der Waals surface area contributed by atoms with Gasteiger partial charge in [-0.15, -0.1) is 0 Å². The Hall–Kier alpha value is -3.54. The summed E-state index contributed by atoms with van der Waals surface area (Å²) in [5.41, 5.74) is 3.08. The van der Waals surface area contributed by atoms with Gasteiger partial charge in [0.05, 0.1) is 19.8 Å². The van der Waals surface area contributed by atoms with Crippen molar-refractivity contribution < 1.29 is 14.3 Å². The molecule has 6 heteroatoms. The maximum atomic E-state index is 12.7. The number of rotatable bonds is 5. The molecule has 0 fully saturated rings. The van der Waals surface area contributed by atoms with Crippen molar-refractivity contribution in [2.45, 2.75) is 6.17 Å². The summed E-state index contributed by atoms with van der Waals surface area (Å²) in [5, 5.41) is 6.08. The molecule has 1 amide bonds. The molecule has 0 saturated carbocycles. The monoisotopic (exact) mass is 375 g/mol. The smallest absolute Gasteiger partial charge is 0.259 e. The average molecular weight is 375 g/mol. The van der Waals surface area contributed by atoms with Crippen LogP contribution in [0.5, 0.6) is 11.5 Å². The van der Waals surface area contributed by atoms with E-state index in [2.05, 4.69) is 27.8 Å². The first kappa shape index (κ1) is 17.9. The molecule has 2 atom stereocenters. The second-order valence-electron chi connectivity index (χ2n) is 6.55. The number of nitrogens with one attached hydrogen (secondary N) is 2. The van der Waals surface area contributed by atoms with E-state index < -0.39 is 0 Å². The van der Waals surface area contributed by atoms with Crippen LogP contribution in [0.15, 0.2) is 65.8 Å². The molecule has 0 spiro atoms. The minimum atomic E-state index is -0.245. The van der Waals surface area contributed by atoms with Crippen LogP contribution in [0, 0.1) is 5.92 Å². The molecule has 28 heavy (non-hydrogen) atoms. The second kappa shape index (κ2) is 7.60. The van der Waals surface area contributed by atoms with Gasteiger partial charge in [-0.1, -0.05) is 24.3 Å². The van der Waals surface area contributed by atoms with Gasteiger partial charge < -0.3 is 20.1 Å². The van der Waals surface area contributed by atoms with Crippen LogP contribution in [0.25, 0.3) is 5.57 Å². The van der Waals surface area contributed by atoms with Gasteiger partial charge in [-0.25, -0.2) is 0 Å². The first-order valence-corrected chi connectivity index (χ1v) is 8.99. The lowest BCUT2D eigenvalue weighted by Crippen LogP contribution is -2.25. The quantitative estimate of drug-likeness (QED) is 0.839. The molecule has 0 saturated heterocycles. The van der Waals surface area contributed by atoms with Crippen LogP contribution < -0.4 is 20.1 Å². The molecule has 0 radical (unpaired) electrons. The molecule has 0 aromatic heterocycles. The van der Waals surface area contributed by atoms with Crippen molar-refractivity contribution in [2.24, 2.45) is 10.9 Å². The molecule has 4 rings (SSSR count). The fourth-order valence-electron chi connectivity index (χ4n) is 3.31. The van der Waals surface area contributed by atoms with Crippen LogP contribution in [0.3, 0.4) is 0 Å². The highest BCUT2D eigenvalue weighted by molar-refractivity contribution is 6.12. The lowest BCUT2D eigenvalue weighted by atomic mass is 9.96. The Balaban J connectivity index is 1.57. The van der Waals surface area contributed by atoms with Crippen molar-refractivity contribution in [3.63, 3.8) is 0 Å². The van der Waals surface area contributed by atoms with Gasteiger partial charge >= 0.3 is 0 Å². The number of carbonyl (C=O) groups excluding carboxylic acids is 1. The Labute approximate surface area is 163 Å². The lowest BCUT2D eigenvalue weighted by molar-refractivity contribution is 0.102. The molecule has 0 bridgehead atoms. The molecule has 0 aliphatic carbocycles. The molecule has 2 aliphatic rings. The number of nitrogens with zero attached hydrogens (tertiary/aromatic N) is 1. The van der Waals surface area contributed by atoms with Crippen LogP contribution in [0.2, 0.25) is 0 Å². The Kier molecular flexibility index (Phi) is 4.85. The van der Waals surface area contributed by atoms with E-state index in [0.717, 1.165) is 11.1 Å². The predicted molar refractivity (Wildman–Crippen MR) is 110 cm³/mol. The minimum Gasteiger partial charge on any atom is -0.497 e. The molecule has 2 N–H and O–H groups in total. The average Bonchev–Trinajstić information content (AvgIpc) is 3.21. The Morgan fingerprint density at radius 3 is 2.86 bits per heavy atom. The molecule has 2 aromatic rings. The molecular formula is C22H21N3O3. The number of dihydropyridines is 1.